The van der Waals surface area contributed by atoms with Crippen molar-refractivity contribution >= 4 is 39.1 Å². The van der Waals surface area contributed by atoms with Gasteiger partial charge in [0.05, 0.1) is 0 Å². The number of carbonyl (C=O) groups is 1. The summed E-state index contributed by atoms with van der Waals surface area (Å²) < 4.78 is 6.64. The molecule has 2 aromatic rings. The van der Waals surface area contributed by atoms with Crippen LogP contribution in [0.4, 0.5) is 5.69 Å². The summed E-state index contributed by atoms with van der Waals surface area (Å²) in [6.45, 7) is 5.78. The number of aryl methyl sites for hydroxylation is 3. The maximum Gasteiger partial charge on any atom is 0.262 e. The van der Waals surface area contributed by atoms with Crippen LogP contribution in [0.5, 0.6) is 5.75 Å². The van der Waals surface area contributed by atoms with E-state index in [1.165, 1.54) is 0 Å². The predicted octanol–water partition coefficient (Wildman–Crippen LogP) is 5.05. The fourth-order valence-corrected chi connectivity index (χ4v) is 2.69. The first kappa shape index (κ1) is 16.8. The molecule has 0 aliphatic carbocycles. The highest BCUT2D eigenvalue weighted by atomic mass is 79.9. The summed E-state index contributed by atoms with van der Waals surface area (Å²) in [6, 6.07) is 9.23. The molecular formula is C17H17BrClNO2. The first-order valence-corrected chi connectivity index (χ1v) is 7.99. The van der Waals surface area contributed by atoms with Gasteiger partial charge in [0.2, 0.25) is 0 Å². The van der Waals surface area contributed by atoms with E-state index >= 15 is 0 Å². The minimum absolute atomic E-state index is 0.0377. The number of benzene rings is 2. The van der Waals surface area contributed by atoms with Gasteiger partial charge in [-0.3, -0.25) is 4.79 Å². The highest BCUT2D eigenvalue weighted by Crippen LogP contribution is 2.26. The van der Waals surface area contributed by atoms with Crippen LogP contribution in [0.2, 0.25) is 5.02 Å². The average Bonchev–Trinajstić information content (AvgIpc) is 2.44. The Morgan fingerprint density at radius 1 is 1.14 bits per heavy atom. The maximum absolute atomic E-state index is 12.0. The molecule has 1 amide bonds. The number of halogens is 2. The Kier molecular flexibility index (Phi) is 5.48. The summed E-state index contributed by atoms with van der Waals surface area (Å²) >= 11 is 9.37. The van der Waals surface area contributed by atoms with E-state index in [0.717, 1.165) is 26.9 Å². The lowest BCUT2D eigenvalue weighted by Gasteiger charge is -2.12. The van der Waals surface area contributed by atoms with Gasteiger partial charge in [-0.2, -0.15) is 0 Å². The van der Waals surface area contributed by atoms with Gasteiger partial charge in [-0.1, -0.05) is 27.5 Å². The molecule has 0 aromatic heterocycles. The van der Waals surface area contributed by atoms with E-state index in [-0.39, 0.29) is 12.5 Å². The lowest BCUT2D eigenvalue weighted by atomic mass is 10.1. The zero-order chi connectivity index (χ0) is 16.3. The monoisotopic (exact) mass is 381 g/mol. The Labute approximate surface area is 143 Å². The molecule has 0 saturated heterocycles. The topological polar surface area (TPSA) is 38.3 Å². The van der Waals surface area contributed by atoms with Crippen LogP contribution in [0.15, 0.2) is 34.8 Å². The number of anilines is 1. The SMILES string of the molecule is Cc1cc(OCC(=O)Nc2ccc(Cl)cc2C)c(C)cc1Br. The second kappa shape index (κ2) is 7.16. The molecule has 0 unspecified atom stereocenters. The molecule has 5 heteroatoms. The molecular weight excluding hydrogens is 366 g/mol. The van der Waals surface area contributed by atoms with Gasteiger partial charge in [0, 0.05) is 15.2 Å². The summed E-state index contributed by atoms with van der Waals surface area (Å²) in [5.41, 5.74) is 3.70. The Bertz CT molecular complexity index is 716. The molecule has 0 aliphatic rings. The number of ether oxygens (including phenoxy) is 1. The van der Waals surface area contributed by atoms with Crippen molar-refractivity contribution < 1.29 is 9.53 Å². The van der Waals surface area contributed by atoms with Crippen LogP contribution < -0.4 is 10.1 Å². The molecule has 0 aliphatic heterocycles. The average molecular weight is 383 g/mol. The highest BCUT2D eigenvalue weighted by Gasteiger charge is 2.09. The molecule has 2 aromatic carbocycles. The van der Waals surface area contributed by atoms with Crippen LogP contribution in [-0.2, 0) is 4.79 Å². The number of nitrogens with one attached hydrogen (secondary N) is 1. The fourth-order valence-electron chi connectivity index (χ4n) is 2.01. The van der Waals surface area contributed by atoms with Crippen molar-refractivity contribution in [2.24, 2.45) is 0 Å². The molecule has 0 saturated carbocycles. The Morgan fingerprint density at radius 3 is 2.55 bits per heavy atom. The largest absolute Gasteiger partial charge is 0.483 e. The zero-order valence-corrected chi connectivity index (χ0v) is 15.0. The molecule has 22 heavy (non-hydrogen) atoms. The maximum atomic E-state index is 12.0. The number of hydrogen-bond donors (Lipinski definition) is 1. The van der Waals surface area contributed by atoms with Gasteiger partial charge in [0.15, 0.2) is 6.61 Å². The van der Waals surface area contributed by atoms with Crippen molar-refractivity contribution in [1.29, 1.82) is 0 Å². The van der Waals surface area contributed by atoms with Crippen molar-refractivity contribution in [2.75, 3.05) is 11.9 Å². The predicted molar refractivity (Wildman–Crippen MR) is 93.9 cm³/mol. The van der Waals surface area contributed by atoms with E-state index in [9.17, 15) is 4.79 Å². The van der Waals surface area contributed by atoms with Crippen molar-refractivity contribution in [3.8, 4) is 5.75 Å². The number of carbonyl (C=O) groups excluding carboxylic acids is 1. The summed E-state index contributed by atoms with van der Waals surface area (Å²) in [7, 11) is 0. The van der Waals surface area contributed by atoms with Crippen molar-refractivity contribution in [3.05, 3.63) is 56.5 Å². The quantitative estimate of drug-likeness (QED) is 0.804. The van der Waals surface area contributed by atoms with E-state index in [1.807, 2.05) is 32.9 Å². The third kappa shape index (κ3) is 4.24. The van der Waals surface area contributed by atoms with Crippen LogP contribution in [-0.4, -0.2) is 12.5 Å². The van der Waals surface area contributed by atoms with Crippen LogP contribution in [0.3, 0.4) is 0 Å². The van der Waals surface area contributed by atoms with Crippen molar-refractivity contribution in [2.45, 2.75) is 20.8 Å². The Hall–Kier alpha value is -1.52. The molecule has 0 radical (unpaired) electrons. The Balaban J connectivity index is 2.00. The molecule has 116 valence electrons. The molecule has 0 fully saturated rings. The summed E-state index contributed by atoms with van der Waals surface area (Å²) in [4.78, 5) is 12.0. The van der Waals surface area contributed by atoms with Crippen molar-refractivity contribution in [1.82, 2.24) is 0 Å². The van der Waals surface area contributed by atoms with Crippen LogP contribution >= 0.6 is 27.5 Å². The third-order valence-corrected chi connectivity index (χ3v) is 4.37. The lowest BCUT2D eigenvalue weighted by molar-refractivity contribution is -0.118. The summed E-state index contributed by atoms with van der Waals surface area (Å²) in [5, 5.41) is 3.47. The van der Waals surface area contributed by atoms with Crippen LogP contribution in [0, 0.1) is 20.8 Å². The lowest BCUT2D eigenvalue weighted by Crippen LogP contribution is -2.20. The second-order valence-corrected chi connectivity index (χ2v) is 6.45. The van der Waals surface area contributed by atoms with Gasteiger partial charge in [-0.15, -0.1) is 0 Å². The summed E-state index contributed by atoms with van der Waals surface area (Å²) in [6.07, 6.45) is 0. The van der Waals surface area contributed by atoms with E-state index in [4.69, 9.17) is 16.3 Å². The molecule has 0 heterocycles. The summed E-state index contributed by atoms with van der Waals surface area (Å²) in [5.74, 6) is 0.508. The van der Waals surface area contributed by atoms with E-state index in [1.54, 1.807) is 18.2 Å². The minimum atomic E-state index is -0.203. The smallest absolute Gasteiger partial charge is 0.262 e. The number of amides is 1. The molecule has 0 atom stereocenters. The van der Waals surface area contributed by atoms with Crippen LogP contribution in [0.1, 0.15) is 16.7 Å². The molecule has 0 spiro atoms. The second-order valence-electron chi connectivity index (χ2n) is 5.16. The van der Waals surface area contributed by atoms with E-state index in [2.05, 4.69) is 21.2 Å². The first-order chi connectivity index (χ1) is 10.4. The molecule has 2 rings (SSSR count). The van der Waals surface area contributed by atoms with E-state index < -0.39 is 0 Å². The van der Waals surface area contributed by atoms with Gasteiger partial charge in [-0.05, 0) is 67.8 Å². The van der Waals surface area contributed by atoms with Crippen molar-refractivity contribution in [3.63, 3.8) is 0 Å². The number of hydrogen-bond acceptors (Lipinski definition) is 2. The molecule has 0 bridgehead atoms. The van der Waals surface area contributed by atoms with Gasteiger partial charge in [0.25, 0.3) is 5.91 Å². The fraction of sp³-hybridized carbons (Fsp3) is 0.235. The van der Waals surface area contributed by atoms with Crippen LogP contribution in [0.25, 0.3) is 0 Å². The van der Waals surface area contributed by atoms with Gasteiger partial charge >= 0.3 is 0 Å². The molecule has 1 N–H and O–H groups in total. The van der Waals surface area contributed by atoms with E-state index in [0.29, 0.717) is 10.8 Å². The third-order valence-electron chi connectivity index (χ3n) is 3.28. The van der Waals surface area contributed by atoms with Gasteiger partial charge < -0.3 is 10.1 Å². The first-order valence-electron chi connectivity index (χ1n) is 6.82. The zero-order valence-electron chi connectivity index (χ0n) is 12.7. The van der Waals surface area contributed by atoms with Gasteiger partial charge in [0.1, 0.15) is 5.75 Å². The standard InChI is InChI=1S/C17H17BrClNO2/c1-10-8-16(12(3)7-14(10)18)22-9-17(21)20-15-5-4-13(19)6-11(15)2/h4-8H,9H2,1-3H3,(H,20,21). The Morgan fingerprint density at radius 2 is 1.86 bits per heavy atom. The number of rotatable bonds is 4. The normalized spacial score (nSPS) is 10.4. The molecule has 3 nitrogen and oxygen atoms in total. The minimum Gasteiger partial charge on any atom is -0.483 e. The highest BCUT2D eigenvalue weighted by molar-refractivity contribution is 9.10. The van der Waals surface area contributed by atoms with Gasteiger partial charge in [-0.25, -0.2) is 0 Å².